The van der Waals surface area contributed by atoms with Gasteiger partial charge in [0.25, 0.3) is 0 Å². The van der Waals surface area contributed by atoms with E-state index in [0.29, 0.717) is 11.7 Å². The van der Waals surface area contributed by atoms with Crippen molar-refractivity contribution in [2.75, 3.05) is 0 Å². The van der Waals surface area contributed by atoms with Crippen LogP contribution < -0.4 is 0 Å². The van der Waals surface area contributed by atoms with Crippen molar-refractivity contribution in [2.24, 2.45) is 0 Å². The van der Waals surface area contributed by atoms with E-state index in [4.69, 9.17) is 0 Å². The van der Waals surface area contributed by atoms with Crippen molar-refractivity contribution in [3.8, 4) is 5.75 Å². The zero-order valence-corrected chi connectivity index (χ0v) is 15.5. The smallest absolute Gasteiger partial charge is 0.123 e. The maximum absolute atomic E-state index is 10.9. The van der Waals surface area contributed by atoms with Crippen LogP contribution in [0.25, 0.3) is 0 Å². The summed E-state index contributed by atoms with van der Waals surface area (Å²) in [6.45, 7) is 19.9. The minimum Gasteiger partial charge on any atom is -0.507 e. The van der Waals surface area contributed by atoms with Gasteiger partial charge in [0.1, 0.15) is 5.75 Å². The van der Waals surface area contributed by atoms with Crippen molar-refractivity contribution in [3.05, 3.63) is 28.3 Å². The van der Waals surface area contributed by atoms with E-state index in [2.05, 4.69) is 68.4 Å². The van der Waals surface area contributed by atoms with Crippen LogP contribution in [0, 0.1) is 0 Å². The normalized spacial score (nSPS) is 13.0. The van der Waals surface area contributed by atoms with E-state index in [9.17, 15) is 5.11 Å². The van der Waals surface area contributed by atoms with Gasteiger partial charge in [0.2, 0.25) is 0 Å². The highest BCUT2D eigenvalue weighted by molar-refractivity contribution is 5.56. The fraction of sp³-hybridized carbons (Fsp3) is 0.700. The van der Waals surface area contributed by atoms with E-state index in [1.165, 1.54) is 11.1 Å². The van der Waals surface area contributed by atoms with Crippen molar-refractivity contribution < 1.29 is 5.11 Å². The molecule has 0 amide bonds. The molecule has 1 heteroatoms. The van der Waals surface area contributed by atoms with Gasteiger partial charge in [0.05, 0.1) is 0 Å². The quantitative estimate of drug-likeness (QED) is 0.717. The molecule has 1 aromatic rings. The van der Waals surface area contributed by atoms with Crippen molar-refractivity contribution >= 4 is 0 Å². The third-order valence-electron chi connectivity index (χ3n) is 4.07. The first-order valence-electron chi connectivity index (χ1n) is 8.30. The first kappa shape index (κ1) is 18.1. The van der Waals surface area contributed by atoms with E-state index >= 15 is 0 Å². The monoisotopic (exact) mass is 290 g/mol. The molecule has 0 spiro atoms. The molecule has 0 unspecified atom stereocenters. The van der Waals surface area contributed by atoms with Crippen LogP contribution in [0.3, 0.4) is 0 Å². The van der Waals surface area contributed by atoms with Gasteiger partial charge in [-0.2, -0.15) is 0 Å². The Labute approximate surface area is 131 Å². The van der Waals surface area contributed by atoms with Gasteiger partial charge < -0.3 is 5.11 Å². The van der Waals surface area contributed by atoms with Gasteiger partial charge in [-0.25, -0.2) is 0 Å². The average molecular weight is 290 g/mol. The largest absolute Gasteiger partial charge is 0.507 e. The van der Waals surface area contributed by atoms with Crippen molar-refractivity contribution in [1.82, 2.24) is 0 Å². The Bertz CT molecular complexity index is 496. The maximum atomic E-state index is 10.9. The summed E-state index contributed by atoms with van der Waals surface area (Å²) in [7, 11) is 0. The standard InChI is InChI=1S/C20H34O/c1-10-11-14-12-15(19(4,5)6)18(21)16(13(2)3)17(14)20(7,8)9/h12-13,21H,10-11H2,1-9H3. The third-order valence-corrected chi connectivity index (χ3v) is 4.07. The van der Waals surface area contributed by atoms with Gasteiger partial charge >= 0.3 is 0 Å². The Morgan fingerprint density at radius 3 is 1.86 bits per heavy atom. The van der Waals surface area contributed by atoms with Crippen molar-refractivity contribution in [2.45, 2.75) is 91.9 Å². The molecule has 1 aromatic carbocycles. The van der Waals surface area contributed by atoms with Crippen LogP contribution in [-0.4, -0.2) is 5.11 Å². The van der Waals surface area contributed by atoms with Crippen LogP contribution >= 0.6 is 0 Å². The third kappa shape index (κ3) is 3.81. The molecule has 1 N–H and O–H groups in total. The molecule has 1 nitrogen and oxygen atoms in total. The van der Waals surface area contributed by atoms with Crippen LogP contribution in [0.4, 0.5) is 0 Å². The molecule has 0 aliphatic carbocycles. The number of rotatable bonds is 3. The first-order chi connectivity index (χ1) is 9.41. The molecule has 0 heterocycles. The maximum Gasteiger partial charge on any atom is 0.123 e. The minimum atomic E-state index is -0.0351. The number of hydrogen-bond donors (Lipinski definition) is 1. The second-order valence-corrected chi connectivity index (χ2v) is 8.63. The van der Waals surface area contributed by atoms with Crippen LogP contribution in [0.15, 0.2) is 6.07 Å². The molecule has 0 saturated heterocycles. The van der Waals surface area contributed by atoms with Gasteiger partial charge in [0.15, 0.2) is 0 Å². The van der Waals surface area contributed by atoms with Crippen molar-refractivity contribution in [1.29, 1.82) is 0 Å². The van der Waals surface area contributed by atoms with Gasteiger partial charge in [-0.05, 0) is 39.9 Å². The second kappa shape index (κ2) is 6.02. The lowest BCUT2D eigenvalue weighted by Crippen LogP contribution is -2.21. The second-order valence-electron chi connectivity index (χ2n) is 8.63. The highest BCUT2D eigenvalue weighted by atomic mass is 16.3. The summed E-state index contributed by atoms with van der Waals surface area (Å²) in [6, 6.07) is 2.26. The lowest BCUT2D eigenvalue weighted by Gasteiger charge is -2.33. The number of hydrogen-bond acceptors (Lipinski definition) is 1. The Balaban J connectivity index is 3.82. The van der Waals surface area contributed by atoms with Crippen LogP contribution in [0.2, 0.25) is 0 Å². The van der Waals surface area contributed by atoms with Crippen LogP contribution in [0.5, 0.6) is 5.75 Å². The van der Waals surface area contributed by atoms with E-state index in [-0.39, 0.29) is 10.8 Å². The molecular weight excluding hydrogens is 256 g/mol. The topological polar surface area (TPSA) is 20.2 Å². The molecule has 0 radical (unpaired) electrons. The average Bonchev–Trinajstić information content (AvgIpc) is 2.27. The summed E-state index contributed by atoms with van der Waals surface area (Å²) >= 11 is 0. The van der Waals surface area contributed by atoms with E-state index in [1.807, 2.05) is 0 Å². The van der Waals surface area contributed by atoms with E-state index in [0.717, 1.165) is 24.0 Å². The molecule has 0 bridgehead atoms. The summed E-state index contributed by atoms with van der Waals surface area (Å²) in [5.74, 6) is 0.847. The number of phenols is 1. The molecule has 1 rings (SSSR count). The van der Waals surface area contributed by atoms with E-state index in [1.54, 1.807) is 0 Å². The lowest BCUT2D eigenvalue weighted by molar-refractivity contribution is 0.430. The molecule has 21 heavy (non-hydrogen) atoms. The molecular formula is C20H34O. The number of aryl methyl sites for hydroxylation is 1. The zero-order valence-electron chi connectivity index (χ0n) is 15.5. The van der Waals surface area contributed by atoms with Gasteiger partial charge in [0, 0.05) is 5.56 Å². The molecule has 0 fully saturated rings. The minimum absolute atomic E-state index is 0.0351. The predicted molar refractivity (Wildman–Crippen MR) is 93.6 cm³/mol. The lowest BCUT2D eigenvalue weighted by atomic mass is 9.73. The Kier molecular flexibility index (Phi) is 5.18. The van der Waals surface area contributed by atoms with E-state index < -0.39 is 0 Å². The highest BCUT2D eigenvalue weighted by Crippen LogP contribution is 2.44. The molecule has 120 valence electrons. The summed E-state index contributed by atoms with van der Waals surface area (Å²) in [5, 5.41) is 10.9. The highest BCUT2D eigenvalue weighted by Gasteiger charge is 2.30. The summed E-state index contributed by atoms with van der Waals surface area (Å²) in [6.07, 6.45) is 2.21. The fourth-order valence-electron chi connectivity index (χ4n) is 3.24. The summed E-state index contributed by atoms with van der Waals surface area (Å²) in [4.78, 5) is 0. The van der Waals surface area contributed by atoms with Crippen molar-refractivity contribution in [3.63, 3.8) is 0 Å². The molecule has 0 aliphatic rings. The Morgan fingerprint density at radius 2 is 1.52 bits per heavy atom. The molecule has 0 aliphatic heterocycles. The first-order valence-corrected chi connectivity index (χ1v) is 8.30. The number of phenolic OH excluding ortho intramolecular Hbond substituents is 1. The number of aromatic hydroxyl groups is 1. The fourth-order valence-corrected chi connectivity index (χ4v) is 3.24. The van der Waals surface area contributed by atoms with Gasteiger partial charge in [-0.15, -0.1) is 0 Å². The zero-order chi connectivity index (χ0) is 16.6. The SMILES string of the molecule is CCCc1cc(C(C)(C)C)c(O)c(C(C)C)c1C(C)(C)C. The van der Waals surface area contributed by atoms with Gasteiger partial charge in [-0.3, -0.25) is 0 Å². The molecule has 0 atom stereocenters. The van der Waals surface area contributed by atoms with Gasteiger partial charge in [-0.1, -0.05) is 74.8 Å². The Hall–Kier alpha value is -0.980. The van der Waals surface area contributed by atoms with Crippen LogP contribution in [-0.2, 0) is 17.3 Å². The molecule has 0 saturated carbocycles. The predicted octanol–water partition coefficient (Wildman–Crippen LogP) is 6.06. The molecule has 0 aromatic heterocycles. The summed E-state index contributed by atoms with van der Waals surface area (Å²) < 4.78 is 0. The summed E-state index contributed by atoms with van der Waals surface area (Å²) in [5.41, 5.74) is 5.02. The Morgan fingerprint density at radius 1 is 1.00 bits per heavy atom. The van der Waals surface area contributed by atoms with Crippen LogP contribution in [0.1, 0.15) is 96.9 Å². The number of benzene rings is 1.